The fourth-order valence-corrected chi connectivity index (χ4v) is 6.50. The van der Waals surface area contributed by atoms with Crippen molar-refractivity contribution in [2.24, 2.45) is 11.8 Å². The van der Waals surface area contributed by atoms with Crippen LogP contribution in [0.1, 0.15) is 129 Å². The Hall–Kier alpha value is -6.83. The Labute approximate surface area is 406 Å². The zero-order valence-corrected chi connectivity index (χ0v) is 39.8. The number of rotatable bonds is 12. The van der Waals surface area contributed by atoms with E-state index in [0.717, 1.165) is 17.2 Å². The molecule has 14 heteroatoms. The van der Waals surface area contributed by atoms with Crippen molar-refractivity contribution in [3.63, 3.8) is 0 Å². The molecule has 364 valence electrons. The van der Waals surface area contributed by atoms with Crippen LogP contribution in [0.2, 0.25) is 0 Å². The van der Waals surface area contributed by atoms with Gasteiger partial charge in [0.2, 0.25) is 0 Å². The second-order valence-electron chi connectivity index (χ2n) is 18.0. The summed E-state index contributed by atoms with van der Waals surface area (Å²) >= 11 is 5.05. The van der Waals surface area contributed by atoms with Crippen molar-refractivity contribution < 1.29 is 37.5 Å². The third kappa shape index (κ3) is 19.2. The van der Waals surface area contributed by atoms with Gasteiger partial charge in [-0.2, -0.15) is 0 Å². The number of aryl methyl sites for hydroxylation is 1. The minimum atomic E-state index is -0.857. The smallest absolute Gasteiger partial charge is 0.408 e. The van der Waals surface area contributed by atoms with E-state index in [0.29, 0.717) is 47.2 Å². The van der Waals surface area contributed by atoms with Crippen LogP contribution in [-0.4, -0.2) is 40.5 Å². The summed E-state index contributed by atoms with van der Waals surface area (Å²) in [6.07, 6.45) is 0.318. The third-order valence-corrected chi connectivity index (χ3v) is 9.66. The second kappa shape index (κ2) is 27.1. The van der Waals surface area contributed by atoms with Crippen molar-refractivity contribution in [3.05, 3.63) is 164 Å². The standard InChI is InChI=1S/C26H28N2O4.C18H27NO3.C8H3ClFNO.2CH4/c1-16(2)22(28-25(30)32-26(3,4)5)24-20(14-17-10-8-7-9-11-17)23(29)19-13-12-18(27-6)15-21(19)31-24;1-13(2)16(19-17(21)22-18(3,4)5)15(20)12-11-14-9-7-6-8-10-14;1-11-5-2-3-6(8(9)12)7(10)4-5;;/h7-13,15-16,22H,14H2,1-5H3,(H,28,30);6-10,13,16H,11-12H2,1-5H3,(H,19,21);2-4H;2*1H4/t22-;16-;;;/m11.../s1. The van der Waals surface area contributed by atoms with Crippen molar-refractivity contribution in [2.75, 3.05) is 0 Å². The molecule has 1 heterocycles. The van der Waals surface area contributed by atoms with Gasteiger partial charge in [-0.3, -0.25) is 14.4 Å². The first-order chi connectivity index (χ1) is 30.9. The number of amides is 2. The zero-order chi connectivity index (χ0) is 49.4. The van der Waals surface area contributed by atoms with Gasteiger partial charge >= 0.3 is 12.2 Å². The number of ether oxygens (including phenoxy) is 2. The maximum atomic E-state index is 13.5. The first-order valence-corrected chi connectivity index (χ1v) is 21.7. The van der Waals surface area contributed by atoms with Crippen LogP contribution in [0.3, 0.4) is 0 Å². The topological polar surface area (TPSA) is 150 Å². The molecule has 0 saturated carbocycles. The molecule has 0 unspecified atom stereocenters. The number of carbonyl (C=O) groups excluding carboxylic acids is 4. The minimum Gasteiger partial charge on any atom is -0.460 e. The Bertz CT molecular complexity index is 2600. The maximum Gasteiger partial charge on any atom is 0.408 e. The summed E-state index contributed by atoms with van der Waals surface area (Å²) in [5.74, 6) is -0.403. The van der Waals surface area contributed by atoms with E-state index in [2.05, 4.69) is 20.3 Å². The van der Waals surface area contributed by atoms with E-state index in [1.807, 2.05) is 88.4 Å². The Balaban J connectivity index is 0.000000557. The van der Waals surface area contributed by atoms with Crippen LogP contribution in [-0.2, 0) is 27.1 Å². The number of carbonyl (C=O) groups is 4. The van der Waals surface area contributed by atoms with E-state index >= 15 is 0 Å². The summed E-state index contributed by atoms with van der Waals surface area (Å²) in [7, 11) is 0. The molecule has 0 spiro atoms. The molecule has 0 fully saturated rings. The predicted molar refractivity (Wildman–Crippen MR) is 269 cm³/mol. The van der Waals surface area contributed by atoms with E-state index in [1.54, 1.807) is 59.7 Å². The lowest BCUT2D eigenvalue weighted by Crippen LogP contribution is -2.46. The van der Waals surface area contributed by atoms with E-state index in [-0.39, 0.29) is 49.2 Å². The van der Waals surface area contributed by atoms with Gasteiger partial charge in [0, 0.05) is 18.4 Å². The number of hydrogen-bond acceptors (Lipinski definition) is 8. The highest BCUT2D eigenvalue weighted by Crippen LogP contribution is 2.30. The van der Waals surface area contributed by atoms with Crippen LogP contribution in [0, 0.1) is 30.8 Å². The minimum absolute atomic E-state index is 0. The molecule has 0 saturated heterocycles. The number of alkyl carbamates (subject to hydrolysis) is 2. The molecular weight excluding hydrogens is 887 g/mol. The molecule has 12 nitrogen and oxygen atoms in total. The highest BCUT2D eigenvalue weighted by Gasteiger charge is 2.30. The lowest BCUT2D eigenvalue weighted by atomic mass is 9.93. The number of fused-ring (bicyclic) bond motifs is 1. The van der Waals surface area contributed by atoms with Crippen LogP contribution in [0.15, 0.2) is 106 Å². The summed E-state index contributed by atoms with van der Waals surface area (Å²) in [4.78, 5) is 67.3. The monoisotopic (exact) mass is 952 g/mol. The SMILES string of the molecule is C.C.CC(C)[C@@H](NC(=O)OC(C)(C)C)C(=O)CCc1ccccc1.[C-]#[N+]c1ccc(C(=O)Cl)c(F)c1.[C-]#[N+]c1ccc2c(=O)c(Cc3ccccc3)c([C@H](NC(=O)OC(C)(C)C)C(C)C)oc2c1. The largest absolute Gasteiger partial charge is 0.460 e. The molecule has 2 amide bonds. The fraction of sp³-hybridized carbons (Fsp3) is 0.389. The van der Waals surface area contributed by atoms with E-state index in [9.17, 15) is 28.4 Å². The third-order valence-electron chi connectivity index (χ3n) is 9.46. The van der Waals surface area contributed by atoms with Gasteiger partial charge in [0.05, 0.1) is 36.2 Å². The number of halogens is 2. The van der Waals surface area contributed by atoms with Gasteiger partial charge in [-0.15, -0.1) is 0 Å². The summed E-state index contributed by atoms with van der Waals surface area (Å²) in [5.41, 5.74) is 1.81. The van der Waals surface area contributed by atoms with Crippen molar-refractivity contribution in [1.29, 1.82) is 0 Å². The van der Waals surface area contributed by atoms with Crippen molar-refractivity contribution >= 4 is 57.2 Å². The maximum absolute atomic E-state index is 13.5. The number of Topliss-reactive ketones (excluding diaryl/α,β-unsaturated/α-hetero) is 1. The fourth-order valence-electron chi connectivity index (χ4n) is 6.35. The lowest BCUT2D eigenvalue weighted by Gasteiger charge is -2.26. The molecule has 4 aromatic carbocycles. The zero-order valence-electron chi connectivity index (χ0n) is 39.1. The first kappa shape index (κ1) is 59.2. The molecule has 0 aliphatic heterocycles. The summed E-state index contributed by atoms with van der Waals surface area (Å²) < 4.78 is 29.7. The highest BCUT2D eigenvalue weighted by molar-refractivity contribution is 6.67. The Morgan fingerprint density at radius 2 is 1.22 bits per heavy atom. The van der Waals surface area contributed by atoms with E-state index in [4.69, 9.17) is 38.6 Å². The second-order valence-corrected chi connectivity index (χ2v) is 18.3. The van der Waals surface area contributed by atoms with Gasteiger partial charge in [0.1, 0.15) is 28.4 Å². The molecule has 0 bridgehead atoms. The van der Waals surface area contributed by atoms with Gasteiger partial charge in [-0.05, 0) is 94.7 Å². The Morgan fingerprint density at radius 3 is 1.69 bits per heavy atom. The number of nitrogens with zero attached hydrogens (tertiary/aromatic N) is 2. The molecule has 5 aromatic rings. The molecule has 2 N–H and O–H groups in total. The summed E-state index contributed by atoms with van der Waals surface area (Å²) in [6.45, 7) is 32.3. The molecule has 68 heavy (non-hydrogen) atoms. The number of benzene rings is 4. The molecule has 0 radical (unpaired) electrons. The Morgan fingerprint density at radius 1 is 0.721 bits per heavy atom. The van der Waals surface area contributed by atoms with Gasteiger partial charge in [-0.1, -0.05) is 127 Å². The van der Waals surface area contributed by atoms with E-state index in [1.165, 1.54) is 12.1 Å². The van der Waals surface area contributed by atoms with Crippen molar-refractivity contribution in [3.8, 4) is 0 Å². The number of nitrogens with one attached hydrogen (secondary N) is 2. The predicted octanol–water partition coefficient (Wildman–Crippen LogP) is 13.9. The molecular formula is C54H66ClFN4O8. The first-order valence-electron chi connectivity index (χ1n) is 21.4. The Kier molecular flexibility index (Phi) is 23.6. The van der Waals surface area contributed by atoms with Gasteiger partial charge < -0.3 is 24.5 Å². The van der Waals surface area contributed by atoms with Gasteiger partial charge in [-0.25, -0.2) is 23.7 Å². The van der Waals surface area contributed by atoms with Crippen LogP contribution in [0.25, 0.3) is 20.7 Å². The van der Waals surface area contributed by atoms with E-state index < -0.39 is 46.5 Å². The average molecular weight is 954 g/mol. The molecule has 1 aromatic heterocycles. The van der Waals surface area contributed by atoms with Crippen molar-refractivity contribution in [2.45, 2.75) is 127 Å². The van der Waals surface area contributed by atoms with Crippen molar-refractivity contribution in [1.82, 2.24) is 10.6 Å². The van der Waals surface area contributed by atoms with Crippen LogP contribution >= 0.6 is 11.6 Å². The van der Waals surface area contributed by atoms with Crippen LogP contribution < -0.4 is 16.1 Å². The van der Waals surface area contributed by atoms with Crippen LogP contribution in [0.4, 0.5) is 25.4 Å². The molecule has 0 aliphatic carbocycles. The molecule has 5 rings (SSSR count). The molecule has 0 aliphatic rings. The number of hydrogen-bond donors (Lipinski definition) is 2. The summed E-state index contributed by atoms with van der Waals surface area (Å²) in [5, 5.41) is 5.13. The van der Waals surface area contributed by atoms with Gasteiger partial charge in [0.15, 0.2) is 22.6 Å². The van der Waals surface area contributed by atoms with Gasteiger partial charge in [0.25, 0.3) is 5.24 Å². The molecule has 2 atom stereocenters. The average Bonchev–Trinajstić information content (AvgIpc) is 3.24. The normalized spacial score (nSPS) is 11.6. The number of ketones is 1. The lowest BCUT2D eigenvalue weighted by molar-refractivity contribution is -0.122. The summed E-state index contributed by atoms with van der Waals surface area (Å²) in [6, 6.07) is 26.7. The quantitative estimate of drug-likeness (QED) is 0.0927. The highest BCUT2D eigenvalue weighted by atomic mass is 35.5. The van der Waals surface area contributed by atoms with Crippen LogP contribution in [0.5, 0.6) is 0 Å².